The van der Waals surface area contributed by atoms with Gasteiger partial charge in [0, 0.05) is 12.8 Å². The van der Waals surface area contributed by atoms with Gasteiger partial charge in [-0.3, -0.25) is 0 Å². The van der Waals surface area contributed by atoms with E-state index in [-0.39, 0.29) is 18.8 Å². The van der Waals surface area contributed by atoms with Gasteiger partial charge >= 0.3 is 11.9 Å². The van der Waals surface area contributed by atoms with Crippen LogP contribution in [0.25, 0.3) is 0 Å². The summed E-state index contributed by atoms with van der Waals surface area (Å²) < 4.78 is 10.9. The number of hydrogen-bond donors (Lipinski definition) is 2. The summed E-state index contributed by atoms with van der Waals surface area (Å²) in [7, 11) is 0. The van der Waals surface area contributed by atoms with Gasteiger partial charge in [-0.15, -0.1) is 11.8 Å². The predicted octanol–water partition coefficient (Wildman–Crippen LogP) is 4.66. The molecule has 0 fully saturated rings. The normalized spacial score (nSPS) is 20.2. The van der Waals surface area contributed by atoms with E-state index in [4.69, 9.17) is 19.7 Å². The molecule has 0 saturated heterocycles. The summed E-state index contributed by atoms with van der Waals surface area (Å²) in [6.45, 7) is 0.249. The van der Waals surface area contributed by atoms with E-state index in [0.29, 0.717) is 12.2 Å². The van der Waals surface area contributed by atoms with E-state index in [9.17, 15) is 9.59 Å². The van der Waals surface area contributed by atoms with Crippen LogP contribution in [-0.4, -0.2) is 41.0 Å². The van der Waals surface area contributed by atoms with Crippen molar-refractivity contribution in [3.63, 3.8) is 0 Å². The highest BCUT2D eigenvalue weighted by molar-refractivity contribution is 5.87. The molecule has 6 heteroatoms. The number of hydrogen-bond acceptors (Lipinski definition) is 4. The van der Waals surface area contributed by atoms with Gasteiger partial charge in [-0.2, -0.15) is 0 Å². The summed E-state index contributed by atoms with van der Waals surface area (Å²) in [5.74, 6) is 10.4. The van der Waals surface area contributed by atoms with E-state index in [1.165, 1.54) is 19.3 Å². The van der Waals surface area contributed by atoms with Gasteiger partial charge < -0.3 is 19.7 Å². The Balaban J connectivity index is 0.000000244. The topological polar surface area (TPSA) is 93.1 Å². The summed E-state index contributed by atoms with van der Waals surface area (Å²) in [6.07, 6.45) is 10.5. The van der Waals surface area contributed by atoms with E-state index >= 15 is 0 Å². The fourth-order valence-electron chi connectivity index (χ4n) is 3.32. The van der Waals surface area contributed by atoms with Crippen LogP contribution in [0.4, 0.5) is 0 Å². The Hall–Kier alpha value is -2.80. The molecule has 0 radical (unpaired) electrons. The molecule has 32 heavy (non-hydrogen) atoms. The molecule has 3 rings (SSSR count). The second-order valence-electron chi connectivity index (χ2n) is 7.84. The number of benzene rings is 1. The molecular formula is C26H32O6. The molecule has 2 atom stereocenters. The van der Waals surface area contributed by atoms with Gasteiger partial charge in [-0.05, 0) is 56.2 Å². The molecule has 0 saturated carbocycles. The van der Waals surface area contributed by atoms with Crippen molar-refractivity contribution in [2.24, 2.45) is 0 Å². The van der Waals surface area contributed by atoms with Crippen molar-refractivity contribution in [3.8, 4) is 23.7 Å². The molecule has 0 aromatic heterocycles. The molecular weight excluding hydrogens is 408 g/mol. The average Bonchev–Trinajstić information content (AvgIpc) is 2.73. The SMILES string of the molecule is O=C(O)COC1C#CCCCCC1.O=C(O)c1ccc(COC2C#CCCCCC2)cc1. The molecule has 2 unspecified atom stereocenters. The lowest BCUT2D eigenvalue weighted by atomic mass is 10.1. The Morgan fingerprint density at radius 2 is 1.38 bits per heavy atom. The lowest BCUT2D eigenvalue weighted by Gasteiger charge is -2.13. The van der Waals surface area contributed by atoms with E-state index in [1.807, 2.05) is 0 Å². The maximum atomic E-state index is 10.7. The minimum absolute atomic E-state index is 0.0134. The largest absolute Gasteiger partial charge is 0.480 e. The molecule has 0 amide bonds. The van der Waals surface area contributed by atoms with Crippen molar-refractivity contribution in [3.05, 3.63) is 35.4 Å². The zero-order chi connectivity index (χ0) is 23.0. The Morgan fingerprint density at radius 3 is 1.91 bits per heavy atom. The van der Waals surface area contributed by atoms with Crippen LogP contribution < -0.4 is 0 Å². The van der Waals surface area contributed by atoms with Crippen molar-refractivity contribution in [1.82, 2.24) is 0 Å². The molecule has 0 aliphatic heterocycles. The van der Waals surface area contributed by atoms with Gasteiger partial charge in [0.05, 0.1) is 12.2 Å². The Bertz CT molecular complexity index is 837. The maximum absolute atomic E-state index is 10.7. The van der Waals surface area contributed by atoms with E-state index < -0.39 is 11.9 Å². The zero-order valence-corrected chi connectivity index (χ0v) is 18.5. The Labute approximate surface area is 190 Å². The lowest BCUT2D eigenvalue weighted by Crippen LogP contribution is -2.17. The van der Waals surface area contributed by atoms with Crippen molar-refractivity contribution < 1.29 is 29.3 Å². The fourth-order valence-corrected chi connectivity index (χ4v) is 3.32. The third-order valence-electron chi connectivity index (χ3n) is 5.12. The summed E-state index contributed by atoms with van der Waals surface area (Å²) >= 11 is 0. The average molecular weight is 441 g/mol. The first-order valence-corrected chi connectivity index (χ1v) is 11.3. The van der Waals surface area contributed by atoms with E-state index in [1.54, 1.807) is 24.3 Å². The van der Waals surface area contributed by atoms with E-state index in [0.717, 1.165) is 50.5 Å². The van der Waals surface area contributed by atoms with Crippen molar-refractivity contribution >= 4 is 11.9 Å². The van der Waals surface area contributed by atoms with Crippen molar-refractivity contribution in [2.45, 2.75) is 83.0 Å². The first-order chi connectivity index (χ1) is 15.5. The molecule has 1 aromatic rings. The van der Waals surface area contributed by atoms with E-state index in [2.05, 4.69) is 23.7 Å². The van der Waals surface area contributed by atoms with Crippen LogP contribution in [0.3, 0.4) is 0 Å². The predicted molar refractivity (Wildman–Crippen MR) is 121 cm³/mol. The standard InChI is InChI=1S/C16H18O3.C10H14O3/c17-16(18)14-10-8-13(9-11-14)12-19-15-6-4-2-1-3-5-7-15;11-10(12)8-13-9-6-4-2-1-3-5-7-9/h8-11,15H,1-4,6,12H2,(H,17,18);9H,1-4,6,8H2,(H,11,12). The van der Waals surface area contributed by atoms with Gasteiger partial charge in [0.1, 0.15) is 18.8 Å². The smallest absolute Gasteiger partial charge is 0.335 e. The maximum Gasteiger partial charge on any atom is 0.335 e. The zero-order valence-electron chi connectivity index (χ0n) is 18.5. The van der Waals surface area contributed by atoms with Crippen molar-refractivity contribution in [2.75, 3.05) is 6.61 Å². The number of carboxylic acid groups (broad SMARTS) is 2. The Morgan fingerprint density at radius 1 is 0.812 bits per heavy atom. The van der Waals surface area contributed by atoms with Crippen LogP contribution in [0.15, 0.2) is 24.3 Å². The van der Waals surface area contributed by atoms with Gasteiger partial charge in [-0.1, -0.05) is 36.8 Å². The van der Waals surface area contributed by atoms with Crippen LogP contribution in [0, 0.1) is 23.7 Å². The summed E-state index contributed by atoms with van der Waals surface area (Å²) in [4.78, 5) is 21.0. The molecule has 6 nitrogen and oxygen atoms in total. The number of carbonyl (C=O) groups is 2. The van der Waals surface area contributed by atoms with Crippen LogP contribution in [0.2, 0.25) is 0 Å². The van der Waals surface area contributed by atoms with Gasteiger partial charge in [-0.25, -0.2) is 9.59 Å². The van der Waals surface area contributed by atoms with Crippen LogP contribution in [-0.2, 0) is 20.9 Å². The summed E-state index contributed by atoms with van der Waals surface area (Å²) in [6, 6.07) is 6.79. The third-order valence-corrected chi connectivity index (χ3v) is 5.12. The highest BCUT2D eigenvalue weighted by Gasteiger charge is 2.09. The van der Waals surface area contributed by atoms with Crippen LogP contribution in [0.5, 0.6) is 0 Å². The molecule has 2 aliphatic carbocycles. The molecule has 0 bridgehead atoms. The Kier molecular flexibility index (Phi) is 12.0. The summed E-state index contributed by atoms with van der Waals surface area (Å²) in [5.41, 5.74) is 1.28. The van der Waals surface area contributed by atoms with Gasteiger partial charge in [0.2, 0.25) is 0 Å². The van der Waals surface area contributed by atoms with Crippen LogP contribution in [0.1, 0.15) is 80.1 Å². The first-order valence-electron chi connectivity index (χ1n) is 11.3. The fraction of sp³-hybridized carbons (Fsp3) is 0.538. The number of aliphatic carboxylic acids is 1. The highest BCUT2D eigenvalue weighted by Crippen LogP contribution is 2.14. The minimum atomic E-state index is -0.927. The molecule has 0 heterocycles. The highest BCUT2D eigenvalue weighted by atomic mass is 16.5. The van der Waals surface area contributed by atoms with Gasteiger partial charge in [0.25, 0.3) is 0 Å². The third kappa shape index (κ3) is 11.0. The first kappa shape index (κ1) is 25.5. The minimum Gasteiger partial charge on any atom is -0.480 e. The molecule has 2 N–H and O–H groups in total. The molecule has 172 valence electrons. The second kappa shape index (κ2) is 15.1. The summed E-state index contributed by atoms with van der Waals surface area (Å²) in [5, 5.41) is 17.2. The van der Waals surface area contributed by atoms with Crippen molar-refractivity contribution in [1.29, 1.82) is 0 Å². The number of rotatable bonds is 7. The van der Waals surface area contributed by atoms with Crippen LogP contribution >= 0.6 is 0 Å². The number of ether oxygens (including phenoxy) is 2. The number of aromatic carboxylic acids is 1. The number of carboxylic acids is 2. The second-order valence-corrected chi connectivity index (χ2v) is 7.84. The monoisotopic (exact) mass is 440 g/mol. The molecule has 1 aromatic carbocycles. The lowest BCUT2D eigenvalue weighted by molar-refractivity contribution is -0.143. The molecule has 0 spiro atoms. The molecule has 2 aliphatic rings. The van der Waals surface area contributed by atoms with Gasteiger partial charge in [0.15, 0.2) is 0 Å². The quantitative estimate of drug-likeness (QED) is 0.599.